The fourth-order valence-corrected chi connectivity index (χ4v) is 6.13. The average molecular weight is 524 g/mol. The molecule has 1 unspecified atom stereocenters. The zero-order valence-corrected chi connectivity index (χ0v) is 21.3. The van der Waals surface area contributed by atoms with E-state index in [1.165, 1.54) is 23.7 Å². The summed E-state index contributed by atoms with van der Waals surface area (Å²) in [5.41, 5.74) is 1.94. The number of aromatic nitrogens is 4. The van der Waals surface area contributed by atoms with E-state index in [-0.39, 0.29) is 41.0 Å². The van der Waals surface area contributed by atoms with E-state index in [9.17, 15) is 18.0 Å². The van der Waals surface area contributed by atoms with Crippen LogP contribution >= 0.6 is 0 Å². The molecule has 2 amide bonds. The average Bonchev–Trinajstić information content (AvgIpc) is 3.55. The maximum absolute atomic E-state index is 13.0. The van der Waals surface area contributed by atoms with Gasteiger partial charge in [0.1, 0.15) is 11.5 Å². The minimum Gasteiger partial charge on any atom is -0.370 e. The van der Waals surface area contributed by atoms with E-state index in [1.807, 2.05) is 18.2 Å². The topological polar surface area (TPSA) is 148 Å². The van der Waals surface area contributed by atoms with E-state index in [0.29, 0.717) is 18.0 Å². The van der Waals surface area contributed by atoms with Crippen molar-refractivity contribution in [2.45, 2.75) is 19.3 Å². The highest BCUT2D eigenvalue weighted by Gasteiger charge is 2.29. The second kappa shape index (κ2) is 10.3. The fourth-order valence-electron chi connectivity index (χ4n) is 4.27. The van der Waals surface area contributed by atoms with Crippen LogP contribution in [0, 0.1) is 11.8 Å². The molecule has 11 nitrogen and oxygen atoms in total. The third kappa shape index (κ3) is 6.31. The Morgan fingerprint density at radius 3 is 2.68 bits per heavy atom. The lowest BCUT2D eigenvalue weighted by molar-refractivity contribution is 0.0943. The molecule has 1 atom stereocenters. The molecule has 5 rings (SSSR count). The largest absolute Gasteiger partial charge is 0.370 e. The molecule has 3 N–H and O–H groups in total. The van der Waals surface area contributed by atoms with Crippen LogP contribution in [0.2, 0.25) is 0 Å². The number of carbonyl (C=O) groups is 2. The van der Waals surface area contributed by atoms with Gasteiger partial charge in [-0.3, -0.25) is 14.3 Å². The summed E-state index contributed by atoms with van der Waals surface area (Å²) in [4.78, 5) is 34.7. The molecule has 2 fully saturated rings. The van der Waals surface area contributed by atoms with Crippen molar-refractivity contribution in [3.8, 4) is 11.3 Å². The number of nitrogens with zero attached hydrogens (tertiary/aromatic N) is 4. The van der Waals surface area contributed by atoms with Crippen molar-refractivity contribution in [3.63, 3.8) is 0 Å². The van der Waals surface area contributed by atoms with Gasteiger partial charge in [-0.15, -0.1) is 0 Å². The molecule has 37 heavy (non-hydrogen) atoms. The van der Waals surface area contributed by atoms with Crippen LogP contribution in [-0.2, 0) is 16.9 Å². The second-order valence-corrected chi connectivity index (χ2v) is 11.9. The van der Waals surface area contributed by atoms with Crippen LogP contribution < -0.4 is 16.0 Å². The van der Waals surface area contributed by atoms with Crippen LogP contribution in [0.25, 0.3) is 11.3 Å². The number of rotatable bonds is 9. The third-order valence-electron chi connectivity index (χ3n) is 6.48. The maximum Gasteiger partial charge on any atom is 0.274 e. The number of amides is 2. The standard InChI is InChI=1S/C25H29N7O4S/c1-32-14-21(23(31-32)25(34)28-13-17-8-10-37(35,36)15-17)30-24(33)20-4-2-3-19(29-20)18-7-9-26-22(11-18)27-12-16-5-6-16/h2-4,7,9,11,14,16-17H,5-6,8,10,12-13,15H2,1H3,(H,26,27)(H,28,34)(H,30,33). The van der Waals surface area contributed by atoms with Crippen molar-refractivity contribution < 1.29 is 18.0 Å². The normalized spacial score (nSPS) is 18.4. The van der Waals surface area contributed by atoms with E-state index >= 15 is 0 Å². The summed E-state index contributed by atoms with van der Waals surface area (Å²) >= 11 is 0. The van der Waals surface area contributed by atoms with E-state index in [2.05, 4.69) is 31.0 Å². The van der Waals surface area contributed by atoms with Crippen LogP contribution in [0.3, 0.4) is 0 Å². The molecule has 1 aliphatic heterocycles. The molecule has 0 spiro atoms. The number of carbonyl (C=O) groups excluding carboxylic acids is 2. The van der Waals surface area contributed by atoms with E-state index in [4.69, 9.17) is 0 Å². The van der Waals surface area contributed by atoms with E-state index in [1.54, 1.807) is 25.4 Å². The van der Waals surface area contributed by atoms with Crippen molar-refractivity contribution in [3.05, 3.63) is 54.1 Å². The number of anilines is 2. The number of pyridine rings is 2. The Morgan fingerprint density at radius 2 is 1.92 bits per heavy atom. The number of aryl methyl sites for hydroxylation is 1. The van der Waals surface area contributed by atoms with Gasteiger partial charge in [0.15, 0.2) is 15.5 Å². The first-order valence-corrected chi connectivity index (χ1v) is 14.1. The van der Waals surface area contributed by atoms with Crippen molar-refractivity contribution in [1.82, 2.24) is 25.1 Å². The highest BCUT2D eigenvalue weighted by Crippen LogP contribution is 2.29. The Balaban J connectivity index is 1.26. The summed E-state index contributed by atoms with van der Waals surface area (Å²) < 4.78 is 24.8. The molecule has 1 saturated carbocycles. The lowest BCUT2D eigenvalue weighted by Gasteiger charge is -2.10. The van der Waals surface area contributed by atoms with Crippen LogP contribution in [0.15, 0.2) is 42.7 Å². The van der Waals surface area contributed by atoms with Gasteiger partial charge in [0, 0.05) is 38.1 Å². The molecule has 0 bridgehead atoms. The molecule has 0 aromatic carbocycles. The Kier molecular flexibility index (Phi) is 6.92. The first-order valence-electron chi connectivity index (χ1n) is 12.3. The monoisotopic (exact) mass is 523 g/mol. The van der Waals surface area contributed by atoms with E-state index in [0.717, 1.165) is 17.9 Å². The number of sulfone groups is 1. The fraction of sp³-hybridized carbons (Fsp3) is 0.400. The molecule has 3 aromatic rings. The van der Waals surface area contributed by atoms with Gasteiger partial charge in [-0.2, -0.15) is 5.10 Å². The first-order chi connectivity index (χ1) is 17.8. The van der Waals surface area contributed by atoms with Crippen LogP contribution in [-0.4, -0.2) is 64.6 Å². The molecule has 194 valence electrons. The lowest BCUT2D eigenvalue weighted by atomic mass is 10.1. The Bertz CT molecular complexity index is 1430. The van der Waals surface area contributed by atoms with Crippen molar-refractivity contribution in [2.24, 2.45) is 18.9 Å². The third-order valence-corrected chi connectivity index (χ3v) is 8.31. The number of hydrogen-bond acceptors (Lipinski definition) is 8. The second-order valence-electron chi connectivity index (χ2n) is 9.66. The lowest BCUT2D eigenvalue weighted by Crippen LogP contribution is -2.31. The molecule has 2 aliphatic rings. The highest BCUT2D eigenvalue weighted by atomic mass is 32.2. The van der Waals surface area contributed by atoms with Crippen LogP contribution in [0.4, 0.5) is 11.5 Å². The zero-order chi connectivity index (χ0) is 26.0. The minimum absolute atomic E-state index is 0.0494. The number of hydrogen-bond donors (Lipinski definition) is 3. The van der Waals surface area contributed by atoms with Gasteiger partial charge in [0.2, 0.25) is 0 Å². The van der Waals surface area contributed by atoms with Crippen LogP contribution in [0.5, 0.6) is 0 Å². The summed E-state index contributed by atoms with van der Waals surface area (Å²) in [6, 6.07) is 8.92. The minimum atomic E-state index is -3.03. The zero-order valence-electron chi connectivity index (χ0n) is 20.5. The van der Waals surface area contributed by atoms with Gasteiger partial charge >= 0.3 is 0 Å². The summed E-state index contributed by atoms with van der Waals surface area (Å²) in [5.74, 6) is 0.604. The Labute approximate surface area is 215 Å². The molecule has 1 aliphatic carbocycles. The van der Waals surface area contributed by atoms with Crippen LogP contribution in [0.1, 0.15) is 40.2 Å². The molecule has 4 heterocycles. The predicted octanol–water partition coefficient (Wildman–Crippen LogP) is 2.12. The molecular formula is C25H29N7O4S. The quantitative estimate of drug-likeness (QED) is 0.386. The van der Waals surface area contributed by atoms with Crippen molar-refractivity contribution in [1.29, 1.82) is 0 Å². The number of nitrogens with one attached hydrogen (secondary N) is 3. The SMILES string of the molecule is Cn1cc(NC(=O)c2cccc(-c3ccnc(NCC4CC4)c3)n2)c(C(=O)NCC2CCS(=O)(=O)C2)n1. The van der Waals surface area contributed by atoms with Gasteiger partial charge in [-0.25, -0.2) is 18.4 Å². The van der Waals surface area contributed by atoms with Crippen molar-refractivity contribution >= 4 is 33.2 Å². The molecular weight excluding hydrogens is 494 g/mol. The predicted molar refractivity (Wildman–Crippen MR) is 139 cm³/mol. The smallest absolute Gasteiger partial charge is 0.274 e. The van der Waals surface area contributed by atoms with Crippen molar-refractivity contribution in [2.75, 3.05) is 35.2 Å². The van der Waals surface area contributed by atoms with Gasteiger partial charge in [-0.05, 0) is 55.4 Å². The molecule has 12 heteroatoms. The highest BCUT2D eigenvalue weighted by molar-refractivity contribution is 7.91. The van der Waals surface area contributed by atoms with Gasteiger partial charge < -0.3 is 16.0 Å². The van der Waals surface area contributed by atoms with E-state index < -0.39 is 21.7 Å². The Hall–Kier alpha value is -3.80. The first kappa shape index (κ1) is 24.9. The van der Waals surface area contributed by atoms with Gasteiger partial charge in [0.25, 0.3) is 11.8 Å². The summed E-state index contributed by atoms with van der Waals surface area (Å²) in [5, 5.41) is 13.0. The van der Waals surface area contributed by atoms with Gasteiger partial charge in [-0.1, -0.05) is 6.07 Å². The molecule has 1 saturated heterocycles. The van der Waals surface area contributed by atoms with Gasteiger partial charge in [0.05, 0.1) is 22.9 Å². The molecule has 0 radical (unpaired) electrons. The Morgan fingerprint density at radius 1 is 1.08 bits per heavy atom. The summed E-state index contributed by atoms with van der Waals surface area (Å²) in [7, 11) is -1.38. The maximum atomic E-state index is 13.0. The molecule has 3 aromatic heterocycles. The summed E-state index contributed by atoms with van der Waals surface area (Å²) in [6.07, 6.45) is 6.26. The summed E-state index contributed by atoms with van der Waals surface area (Å²) in [6.45, 7) is 1.13.